The lowest BCUT2D eigenvalue weighted by molar-refractivity contribution is -0.146. The van der Waals surface area contributed by atoms with E-state index in [1.165, 1.54) is 4.90 Å². The van der Waals surface area contributed by atoms with Gasteiger partial charge in [0.25, 0.3) is 0 Å². The number of hydrogen-bond acceptors (Lipinski definition) is 3. The molecule has 1 saturated heterocycles. The second kappa shape index (κ2) is 6.14. The minimum Gasteiger partial charge on any atom is -0.324 e. The Morgan fingerprint density at radius 2 is 1.70 bits per heavy atom. The van der Waals surface area contributed by atoms with E-state index in [0.717, 1.165) is 31.2 Å². The zero-order chi connectivity index (χ0) is 16.6. The fraction of sp³-hybridized carbons (Fsp3) is 0.500. The van der Waals surface area contributed by atoms with E-state index < -0.39 is 6.04 Å². The maximum absolute atomic E-state index is 12.5. The molecule has 3 atom stereocenters. The SMILES string of the molecule is Cc1ccccc1NC(=O)C(C)N1C(=O)C2CCCCC2C1=O. The topological polar surface area (TPSA) is 66.5 Å². The van der Waals surface area contributed by atoms with E-state index in [2.05, 4.69) is 5.32 Å². The molecule has 1 heterocycles. The molecule has 3 unspecified atom stereocenters. The number of benzene rings is 1. The third-order valence-electron chi connectivity index (χ3n) is 5.04. The van der Waals surface area contributed by atoms with Gasteiger partial charge >= 0.3 is 0 Å². The Hall–Kier alpha value is -2.17. The Kier molecular flexibility index (Phi) is 4.20. The summed E-state index contributed by atoms with van der Waals surface area (Å²) in [6.07, 6.45) is 3.49. The standard InChI is InChI=1S/C18H22N2O3/c1-11-7-3-6-10-15(11)19-16(21)12(2)20-17(22)13-8-4-5-9-14(13)18(20)23/h3,6-7,10,12-14H,4-5,8-9H2,1-2H3,(H,19,21). The average molecular weight is 314 g/mol. The number of likely N-dealkylation sites (tertiary alicyclic amines) is 1. The van der Waals surface area contributed by atoms with E-state index in [-0.39, 0.29) is 29.6 Å². The number of amides is 3. The van der Waals surface area contributed by atoms with Gasteiger partial charge < -0.3 is 5.32 Å². The van der Waals surface area contributed by atoms with Crippen LogP contribution in [0.1, 0.15) is 38.2 Å². The summed E-state index contributed by atoms with van der Waals surface area (Å²) in [4.78, 5) is 38.8. The average Bonchev–Trinajstić information content (AvgIpc) is 2.81. The van der Waals surface area contributed by atoms with Crippen molar-refractivity contribution in [3.63, 3.8) is 0 Å². The van der Waals surface area contributed by atoms with Gasteiger partial charge in [-0.3, -0.25) is 19.3 Å². The van der Waals surface area contributed by atoms with Crippen molar-refractivity contribution < 1.29 is 14.4 Å². The third-order valence-corrected chi connectivity index (χ3v) is 5.04. The Labute approximate surface area is 136 Å². The van der Waals surface area contributed by atoms with Crippen LogP contribution in [0.3, 0.4) is 0 Å². The lowest BCUT2D eigenvalue weighted by Crippen LogP contribution is -2.46. The molecule has 0 spiro atoms. The maximum Gasteiger partial charge on any atom is 0.247 e. The molecule has 1 N–H and O–H groups in total. The van der Waals surface area contributed by atoms with E-state index in [0.29, 0.717) is 5.69 Å². The van der Waals surface area contributed by atoms with Crippen LogP contribution in [0.25, 0.3) is 0 Å². The van der Waals surface area contributed by atoms with Crippen LogP contribution in [0, 0.1) is 18.8 Å². The number of para-hydroxylation sites is 1. The van der Waals surface area contributed by atoms with Gasteiger partial charge in [-0.1, -0.05) is 31.0 Å². The number of imide groups is 1. The zero-order valence-corrected chi connectivity index (χ0v) is 13.5. The molecule has 1 aromatic carbocycles. The first-order valence-electron chi connectivity index (χ1n) is 8.24. The molecule has 5 heteroatoms. The van der Waals surface area contributed by atoms with Crippen LogP contribution in [0.4, 0.5) is 5.69 Å². The fourth-order valence-corrected chi connectivity index (χ4v) is 3.64. The van der Waals surface area contributed by atoms with Gasteiger partial charge in [-0.2, -0.15) is 0 Å². The van der Waals surface area contributed by atoms with Crippen molar-refractivity contribution in [3.05, 3.63) is 29.8 Å². The first-order valence-corrected chi connectivity index (χ1v) is 8.24. The monoisotopic (exact) mass is 314 g/mol. The molecule has 0 radical (unpaired) electrons. The summed E-state index contributed by atoms with van der Waals surface area (Å²) in [6, 6.07) is 6.68. The largest absolute Gasteiger partial charge is 0.324 e. The lowest BCUT2D eigenvalue weighted by atomic mass is 9.81. The Morgan fingerprint density at radius 1 is 1.13 bits per heavy atom. The lowest BCUT2D eigenvalue weighted by Gasteiger charge is -2.22. The van der Waals surface area contributed by atoms with E-state index in [9.17, 15) is 14.4 Å². The highest BCUT2D eigenvalue weighted by Crippen LogP contribution is 2.38. The number of carbonyl (C=O) groups is 3. The van der Waals surface area contributed by atoms with Gasteiger partial charge in [0.2, 0.25) is 17.7 Å². The van der Waals surface area contributed by atoms with Crippen molar-refractivity contribution >= 4 is 23.4 Å². The molecule has 122 valence electrons. The first kappa shape index (κ1) is 15.7. The van der Waals surface area contributed by atoms with Crippen molar-refractivity contribution in [1.82, 2.24) is 4.90 Å². The van der Waals surface area contributed by atoms with Crippen LogP contribution >= 0.6 is 0 Å². The molecule has 2 aliphatic rings. The molecule has 1 aliphatic carbocycles. The first-order chi connectivity index (χ1) is 11.0. The summed E-state index contributed by atoms with van der Waals surface area (Å²) in [5.41, 5.74) is 1.65. The van der Waals surface area contributed by atoms with Crippen LogP contribution in [0.5, 0.6) is 0 Å². The van der Waals surface area contributed by atoms with Crippen LogP contribution in [-0.2, 0) is 14.4 Å². The fourth-order valence-electron chi connectivity index (χ4n) is 3.64. The van der Waals surface area contributed by atoms with Gasteiger partial charge in [0.15, 0.2) is 0 Å². The summed E-state index contributed by atoms with van der Waals surface area (Å²) in [6.45, 7) is 3.53. The third kappa shape index (κ3) is 2.76. The quantitative estimate of drug-likeness (QED) is 0.872. The smallest absolute Gasteiger partial charge is 0.247 e. The van der Waals surface area contributed by atoms with Gasteiger partial charge in [-0.15, -0.1) is 0 Å². The number of rotatable bonds is 3. The predicted octanol–water partition coefficient (Wildman–Crippen LogP) is 2.50. The van der Waals surface area contributed by atoms with Gasteiger partial charge in [-0.25, -0.2) is 0 Å². The van der Waals surface area contributed by atoms with Gasteiger partial charge in [0, 0.05) is 5.69 Å². The molecule has 23 heavy (non-hydrogen) atoms. The molecule has 3 rings (SSSR count). The molecule has 2 fully saturated rings. The van der Waals surface area contributed by atoms with Crippen molar-refractivity contribution in [3.8, 4) is 0 Å². The molecule has 1 aromatic rings. The molecular formula is C18H22N2O3. The molecule has 0 aromatic heterocycles. The summed E-state index contributed by atoms with van der Waals surface area (Å²) in [5.74, 6) is -1.10. The van der Waals surface area contributed by atoms with Crippen LogP contribution in [0.2, 0.25) is 0 Å². The van der Waals surface area contributed by atoms with Crippen molar-refractivity contribution in [1.29, 1.82) is 0 Å². The number of carbonyl (C=O) groups excluding carboxylic acids is 3. The number of hydrogen-bond donors (Lipinski definition) is 1. The minimum absolute atomic E-state index is 0.174. The maximum atomic E-state index is 12.5. The van der Waals surface area contributed by atoms with E-state index in [1.54, 1.807) is 6.92 Å². The Morgan fingerprint density at radius 3 is 2.26 bits per heavy atom. The second-order valence-corrected chi connectivity index (χ2v) is 6.52. The molecule has 0 bridgehead atoms. The highest BCUT2D eigenvalue weighted by atomic mass is 16.2. The Bertz CT molecular complexity index is 631. The van der Waals surface area contributed by atoms with Crippen LogP contribution in [-0.4, -0.2) is 28.7 Å². The number of fused-ring (bicyclic) bond motifs is 1. The van der Waals surface area contributed by atoms with Gasteiger partial charge in [0.05, 0.1) is 11.8 Å². The van der Waals surface area contributed by atoms with Gasteiger partial charge in [-0.05, 0) is 38.3 Å². The number of nitrogens with zero attached hydrogens (tertiary/aromatic N) is 1. The summed E-state index contributed by atoms with van der Waals surface area (Å²) in [7, 11) is 0. The predicted molar refractivity (Wildman–Crippen MR) is 86.6 cm³/mol. The van der Waals surface area contributed by atoms with Crippen molar-refractivity contribution in [2.24, 2.45) is 11.8 Å². The summed E-state index contributed by atoms with van der Waals surface area (Å²) >= 11 is 0. The highest BCUT2D eigenvalue weighted by molar-refractivity contribution is 6.09. The molecular weight excluding hydrogens is 292 g/mol. The normalized spacial score (nSPS) is 25.2. The molecule has 5 nitrogen and oxygen atoms in total. The number of anilines is 1. The molecule has 1 saturated carbocycles. The summed E-state index contributed by atoms with van der Waals surface area (Å²) < 4.78 is 0. The number of nitrogens with one attached hydrogen (secondary N) is 1. The number of aryl methyl sites for hydroxylation is 1. The van der Waals surface area contributed by atoms with E-state index >= 15 is 0 Å². The van der Waals surface area contributed by atoms with Crippen molar-refractivity contribution in [2.45, 2.75) is 45.6 Å². The second-order valence-electron chi connectivity index (χ2n) is 6.52. The van der Waals surface area contributed by atoms with E-state index in [1.807, 2.05) is 31.2 Å². The van der Waals surface area contributed by atoms with Crippen molar-refractivity contribution in [2.75, 3.05) is 5.32 Å². The highest BCUT2D eigenvalue weighted by Gasteiger charge is 2.50. The zero-order valence-electron chi connectivity index (χ0n) is 13.5. The van der Waals surface area contributed by atoms with Gasteiger partial charge in [0.1, 0.15) is 6.04 Å². The van der Waals surface area contributed by atoms with Crippen LogP contribution in [0.15, 0.2) is 24.3 Å². The minimum atomic E-state index is -0.778. The summed E-state index contributed by atoms with van der Waals surface area (Å²) in [5, 5.41) is 2.82. The Balaban J connectivity index is 1.76. The van der Waals surface area contributed by atoms with Crippen LogP contribution < -0.4 is 5.32 Å². The van der Waals surface area contributed by atoms with E-state index in [4.69, 9.17) is 0 Å². The molecule has 3 amide bonds. The molecule has 1 aliphatic heterocycles.